The topological polar surface area (TPSA) is 109 Å². The third-order valence-corrected chi connectivity index (χ3v) is 8.23. The number of sulfonamides is 1. The molecule has 0 bridgehead atoms. The van der Waals surface area contributed by atoms with E-state index in [4.69, 9.17) is 0 Å². The van der Waals surface area contributed by atoms with Crippen LogP contribution < -0.4 is 15.4 Å². The van der Waals surface area contributed by atoms with E-state index in [9.17, 15) is 12.8 Å². The third-order valence-electron chi connectivity index (χ3n) is 6.79. The fraction of sp³-hybridized carbons (Fsp3) is 0.423. The minimum atomic E-state index is -3.63. The molecule has 0 unspecified atom stereocenters. The number of nitrogens with one attached hydrogen (secondary N) is 3. The molecule has 2 aliphatic carbocycles. The highest BCUT2D eigenvalue weighted by Gasteiger charge is 2.25. The van der Waals surface area contributed by atoms with Crippen molar-refractivity contribution >= 4 is 21.8 Å². The van der Waals surface area contributed by atoms with Crippen LogP contribution in [-0.4, -0.2) is 42.5 Å². The lowest BCUT2D eigenvalue weighted by molar-refractivity contribution is 0.284. The summed E-state index contributed by atoms with van der Waals surface area (Å²) < 4.78 is 40.7. The molecule has 0 atom stereocenters. The van der Waals surface area contributed by atoms with E-state index in [0.717, 1.165) is 74.4 Å². The number of hydrogen-bond acceptors (Lipinski definition) is 7. The van der Waals surface area contributed by atoms with E-state index < -0.39 is 15.8 Å². The first-order valence-corrected chi connectivity index (χ1v) is 14.0. The van der Waals surface area contributed by atoms with Crippen molar-refractivity contribution < 1.29 is 12.8 Å². The maximum Gasteiger partial charge on any atom is 0.240 e. The third kappa shape index (κ3) is 6.55. The first kappa shape index (κ1) is 24.6. The van der Waals surface area contributed by atoms with Gasteiger partial charge in [0, 0.05) is 31.4 Å². The van der Waals surface area contributed by atoms with Gasteiger partial charge in [0.1, 0.15) is 11.6 Å². The summed E-state index contributed by atoms with van der Waals surface area (Å²) in [5.74, 6) is 1.73. The van der Waals surface area contributed by atoms with Gasteiger partial charge in [-0.2, -0.15) is 4.98 Å². The van der Waals surface area contributed by atoms with Gasteiger partial charge in [0.2, 0.25) is 16.0 Å². The predicted molar refractivity (Wildman–Crippen MR) is 137 cm³/mol. The number of benzene rings is 1. The molecule has 0 amide bonds. The van der Waals surface area contributed by atoms with Gasteiger partial charge in [0.15, 0.2) is 0 Å². The highest BCUT2D eigenvalue weighted by Crippen LogP contribution is 2.30. The van der Waals surface area contributed by atoms with Crippen molar-refractivity contribution in [1.82, 2.24) is 19.7 Å². The minimum absolute atomic E-state index is 0.0900. The fourth-order valence-electron chi connectivity index (χ4n) is 4.47. The van der Waals surface area contributed by atoms with Gasteiger partial charge < -0.3 is 10.6 Å². The van der Waals surface area contributed by atoms with Gasteiger partial charge >= 0.3 is 0 Å². The van der Waals surface area contributed by atoms with E-state index in [1.54, 1.807) is 6.20 Å². The number of aromatic nitrogens is 3. The van der Waals surface area contributed by atoms with E-state index >= 15 is 0 Å². The second kappa shape index (κ2) is 10.9. The zero-order valence-electron chi connectivity index (χ0n) is 20.0. The van der Waals surface area contributed by atoms with Crippen molar-refractivity contribution in [3.8, 4) is 11.4 Å². The summed E-state index contributed by atoms with van der Waals surface area (Å²) in [5, 5.41) is 6.88. The van der Waals surface area contributed by atoms with Crippen molar-refractivity contribution in [2.24, 2.45) is 11.8 Å². The van der Waals surface area contributed by atoms with Crippen molar-refractivity contribution in [3.05, 3.63) is 60.5 Å². The number of rotatable bonds is 10. The molecule has 3 aromatic rings. The standard InChI is InChI=1S/C26H31FN6O2S/c27-20-8-12-22(13-9-20)36(34,35)30-17-19-6-4-18(5-7-19)16-29-25-15-24(23-3-1-2-14-28-23)32-26(33-25)31-21-10-11-21/h1-3,8-9,12-15,18-19,21,30H,4-7,10-11,16-17H2,(H2,29,31,32,33). The van der Waals surface area contributed by atoms with Gasteiger partial charge in [0.25, 0.3) is 0 Å². The quantitative estimate of drug-likeness (QED) is 0.370. The van der Waals surface area contributed by atoms with Crippen LogP contribution in [0.4, 0.5) is 16.2 Å². The van der Waals surface area contributed by atoms with E-state index in [1.807, 2.05) is 24.3 Å². The van der Waals surface area contributed by atoms with Crippen LogP contribution in [0.15, 0.2) is 59.6 Å². The first-order chi connectivity index (χ1) is 17.4. The molecule has 2 saturated carbocycles. The van der Waals surface area contributed by atoms with Crippen LogP contribution in [0, 0.1) is 17.7 Å². The van der Waals surface area contributed by atoms with Crippen molar-refractivity contribution in [2.75, 3.05) is 23.7 Å². The van der Waals surface area contributed by atoms with Crippen LogP contribution in [0.1, 0.15) is 38.5 Å². The number of nitrogens with zero attached hydrogens (tertiary/aromatic N) is 3. The molecule has 36 heavy (non-hydrogen) atoms. The minimum Gasteiger partial charge on any atom is -0.370 e. The molecule has 8 nitrogen and oxygen atoms in total. The smallest absolute Gasteiger partial charge is 0.240 e. The molecule has 2 fully saturated rings. The van der Waals surface area contributed by atoms with Crippen LogP contribution in [0.3, 0.4) is 0 Å². The molecule has 0 radical (unpaired) electrons. The summed E-state index contributed by atoms with van der Waals surface area (Å²) in [7, 11) is -3.63. The average molecular weight is 511 g/mol. The maximum absolute atomic E-state index is 13.1. The molecular formula is C26H31FN6O2S. The largest absolute Gasteiger partial charge is 0.370 e. The molecule has 0 saturated heterocycles. The zero-order chi connectivity index (χ0) is 25.0. The summed E-state index contributed by atoms with van der Waals surface area (Å²) in [6, 6.07) is 13.1. The number of hydrogen-bond donors (Lipinski definition) is 3. The molecule has 0 aliphatic heterocycles. The van der Waals surface area contributed by atoms with Gasteiger partial charge in [-0.25, -0.2) is 22.5 Å². The van der Waals surface area contributed by atoms with E-state index in [-0.39, 0.29) is 4.90 Å². The lowest BCUT2D eigenvalue weighted by atomic mass is 9.82. The molecule has 5 rings (SSSR count). The molecule has 2 aliphatic rings. The average Bonchev–Trinajstić information content (AvgIpc) is 3.71. The predicted octanol–water partition coefficient (Wildman–Crippen LogP) is 4.45. The highest BCUT2D eigenvalue weighted by molar-refractivity contribution is 7.89. The second-order valence-electron chi connectivity index (χ2n) is 9.67. The Bertz CT molecular complexity index is 1260. The van der Waals surface area contributed by atoms with Crippen molar-refractivity contribution in [2.45, 2.75) is 49.5 Å². The Labute approximate surface area is 211 Å². The van der Waals surface area contributed by atoms with E-state index in [2.05, 4.69) is 30.3 Å². The molecule has 1 aromatic carbocycles. The van der Waals surface area contributed by atoms with Crippen molar-refractivity contribution in [3.63, 3.8) is 0 Å². The number of pyridine rings is 1. The zero-order valence-corrected chi connectivity index (χ0v) is 20.8. The fourth-order valence-corrected chi connectivity index (χ4v) is 5.59. The first-order valence-electron chi connectivity index (χ1n) is 12.5. The molecule has 2 heterocycles. The molecule has 190 valence electrons. The van der Waals surface area contributed by atoms with Gasteiger partial charge in [0.05, 0.1) is 16.3 Å². The Hall–Kier alpha value is -3.11. The normalized spacial score (nSPS) is 20.1. The van der Waals surface area contributed by atoms with Gasteiger partial charge in [-0.05, 0) is 86.8 Å². The Balaban J connectivity index is 1.13. The summed E-state index contributed by atoms with van der Waals surface area (Å²) in [4.78, 5) is 13.8. The Morgan fingerprint density at radius 2 is 1.58 bits per heavy atom. The monoisotopic (exact) mass is 510 g/mol. The van der Waals surface area contributed by atoms with Crippen LogP contribution in [0.2, 0.25) is 0 Å². The Kier molecular flexibility index (Phi) is 7.43. The lowest BCUT2D eigenvalue weighted by Crippen LogP contribution is -2.32. The van der Waals surface area contributed by atoms with E-state index in [1.165, 1.54) is 12.1 Å². The number of halogens is 1. The van der Waals surface area contributed by atoms with Crippen LogP contribution in [0.25, 0.3) is 11.4 Å². The van der Waals surface area contributed by atoms with Crippen molar-refractivity contribution in [1.29, 1.82) is 0 Å². The maximum atomic E-state index is 13.1. The van der Waals surface area contributed by atoms with Crippen LogP contribution in [-0.2, 0) is 10.0 Å². The molecule has 0 spiro atoms. The SMILES string of the molecule is O=S(=O)(NCC1CCC(CNc2cc(-c3ccccn3)nc(NC3CC3)n2)CC1)c1ccc(F)cc1. The van der Waals surface area contributed by atoms with Crippen LogP contribution in [0.5, 0.6) is 0 Å². The number of anilines is 2. The molecular weight excluding hydrogens is 479 g/mol. The highest BCUT2D eigenvalue weighted by atomic mass is 32.2. The summed E-state index contributed by atoms with van der Waals surface area (Å²) in [5.41, 5.74) is 1.60. The summed E-state index contributed by atoms with van der Waals surface area (Å²) >= 11 is 0. The molecule has 3 N–H and O–H groups in total. The molecule has 2 aromatic heterocycles. The summed E-state index contributed by atoms with van der Waals surface area (Å²) in [6.07, 6.45) is 7.98. The second-order valence-corrected chi connectivity index (χ2v) is 11.4. The Morgan fingerprint density at radius 3 is 2.25 bits per heavy atom. The van der Waals surface area contributed by atoms with Gasteiger partial charge in [-0.1, -0.05) is 6.07 Å². The van der Waals surface area contributed by atoms with E-state index in [0.29, 0.717) is 30.4 Å². The van der Waals surface area contributed by atoms with Crippen LogP contribution >= 0.6 is 0 Å². The molecule has 10 heteroatoms. The van der Waals surface area contributed by atoms with Gasteiger partial charge in [-0.3, -0.25) is 4.98 Å². The Morgan fingerprint density at radius 1 is 0.861 bits per heavy atom. The lowest BCUT2D eigenvalue weighted by Gasteiger charge is -2.29. The van der Waals surface area contributed by atoms with Gasteiger partial charge in [-0.15, -0.1) is 0 Å². The summed E-state index contributed by atoms with van der Waals surface area (Å²) in [6.45, 7) is 1.20.